The number of aromatic carboxylic acids is 1. The van der Waals surface area contributed by atoms with Gasteiger partial charge in [-0.3, -0.25) is 4.98 Å². The van der Waals surface area contributed by atoms with Crippen molar-refractivity contribution in [3.63, 3.8) is 0 Å². The molecular weight excluding hydrogens is 166 g/mol. The predicted molar refractivity (Wildman–Crippen MR) is 50.0 cm³/mol. The Morgan fingerprint density at radius 1 is 1.54 bits per heavy atom. The van der Waals surface area contributed by atoms with Crippen molar-refractivity contribution in [3.05, 3.63) is 28.6 Å². The van der Waals surface area contributed by atoms with Crippen LogP contribution in [0.4, 0.5) is 0 Å². The van der Waals surface area contributed by atoms with Gasteiger partial charge in [-0.2, -0.15) is 0 Å². The zero-order valence-corrected chi connectivity index (χ0v) is 8.09. The average Bonchev–Trinajstić information content (AvgIpc) is 2.04. The van der Waals surface area contributed by atoms with E-state index in [1.165, 1.54) is 6.20 Å². The molecule has 0 saturated carbocycles. The molecule has 0 amide bonds. The lowest BCUT2D eigenvalue weighted by Crippen LogP contribution is -2.05. The first kappa shape index (κ1) is 9.71. The van der Waals surface area contributed by atoms with Gasteiger partial charge in [0, 0.05) is 11.9 Å². The number of aromatic nitrogens is 1. The molecule has 0 aromatic carbocycles. The van der Waals surface area contributed by atoms with E-state index in [0.717, 1.165) is 23.2 Å². The van der Waals surface area contributed by atoms with Gasteiger partial charge in [0.05, 0.1) is 5.56 Å². The van der Waals surface area contributed by atoms with Gasteiger partial charge in [-0.1, -0.05) is 6.92 Å². The summed E-state index contributed by atoms with van der Waals surface area (Å²) in [6.07, 6.45) is 2.25. The maximum atomic E-state index is 10.8. The van der Waals surface area contributed by atoms with E-state index in [4.69, 9.17) is 5.11 Å². The lowest BCUT2D eigenvalue weighted by molar-refractivity contribution is 0.0695. The molecule has 0 fully saturated rings. The molecule has 0 bridgehead atoms. The average molecular weight is 179 g/mol. The van der Waals surface area contributed by atoms with Crippen LogP contribution in [0.2, 0.25) is 0 Å². The summed E-state index contributed by atoms with van der Waals surface area (Å²) in [5.41, 5.74) is 3.11. The van der Waals surface area contributed by atoms with Gasteiger partial charge in [-0.25, -0.2) is 4.79 Å². The summed E-state index contributed by atoms with van der Waals surface area (Å²) in [5, 5.41) is 8.84. The molecule has 1 N–H and O–H groups in total. The molecule has 0 spiro atoms. The van der Waals surface area contributed by atoms with Crippen molar-refractivity contribution in [2.45, 2.75) is 27.2 Å². The van der Waals surface area contributed by atoms with Crippen molar-refractivity contribution in [1.82, 2.24) is 4.98 Å². The summed E-state index contributed by atoms with van der Waals surface area (Å²) in [7, 11) is 0. The van der Waals surface area contributed by atoms with E-state index >= 15 is 0 Å². The van der Waals surface area contributed by atoms with Gasteiger partial charge in [0.15, 0.2) is 0 Å². The predicted octanol–water partition coefficient (Wildman–Crippen LogP) is 1.96. The molecule has 0 aliphatic carbocycles. The second-order valence-corrected chi connectivity index (χ2v) is 3.02. The smallest absolute Gasteiger partial charge is 0.337 e. The van der Waals surface area contributed by atoms with Crippen molar-refractivity contribution < 1.29 is 9.90 Å². The first-order chi connectivity index (χ1) is 6.07. The maximum Gasteiger partial charge on any atom is 0.337 e. The Morgan fingerprint density at radius 2 is 2.15 bits per heavy atom. The fourth-order valence-electron chi connectivity index (χ4n) is 1.51. The van der Waals surface area contributed by atoms with Gasteiger partial charge in [-0.15, -0.1) is 0 Å². The molecule has 70 valence electrons. The van der Waals surface area contributed by atoms with E-state index in [2.05, 4.69) is 4.98 Å². The Balaban J connectivity index is 3.35. The van der Waals surface area contributed by atoms with Crippen molar-refractivity contribution in [3.8, 4) is 0 Å². The van der Waals surface area contributed by atoms with E-state index in [0.29, 0.717) is 5.56 Å². The third-order valence-electron chi connectivity index (χ3n) is 2.26. The summed E-state index contributed by atoms with van der Waals surface area (Å²) in [6.45, 7) is 5.73. The third kappa shape index (κ3) is 1.69. The van der Waals surface area contributed by atoms with Crippen LogP contribution in [0.1, 0.15) is 34.1 Å². The van der Waals surface area contributed by atoms with Crippen molar-refractivity contribution in [1.29, 1.82) is 0 Å². The monoisotopic (exact) mass is 179 g/mol. The highest BCUT2D eigenvalue weighted by atomic mass is 16.4. The van der Waals surface area contributed by atoms with E-state index in [-0.39, 0.29) is 0 Å². The fourth-order valence-corrected chi connectivity index (χ4v) is 1.51. The molecule has 0 radical (unpaired) electrons. The SMILES string of the molecule is CCc1c(C)ncc(C(=O)O)c1C. The molecule has 1 heterocycles. The van der Waals surface area contributed by atoms with Gasteiger partial charge in [-0.05, 0) is 31.4 Å². The first-order valence-corrected chi connectivity index (χ1v) is 4.26. The highest BCUT2D eigenvalue weighted by molar-refractivity contribution is 5.89. The van der Waals surface area contributed by atoms with Crippen molar-refractivity contribution >= 4 is 5.97 Å². The molecule has 1 aromatic heterocycles. The van der Waals surface area contributed by atoms with Crippen molar-refractivity contribution in [2.75, 3.05) is 0 Å². The summed E-state index contributed by atoms with van der Waals surface area (Å²) >= 11 is 0. The maximum absolute atomic E-state index is 10.8. The van der Waals surface area contributed by atoms with E-state index < -0.39 is 5.97 Å². The van der Waals surface area contributed by atoms with Crippen LogP contribution in [0.3, 0.4) is 0 Å². The minimum Gasteiger partial charge on any atom is -0.478 e. The number of hydrogen-bond donors (Lipinski definition) is 1. The van der Waals surface area contributed by atoms with Crippen molar-refractivity contribution in [2.24, 2.45) is 0 Å². The number of nitrogens with zero attached hydrogens (tertiary/aromatic N) is 1. The van der Waals surface area contributed by atoms with Crippen LogP contribution < -0.4 is 0 Å². The van der Waals surface area contributed by atoms with E-state index in [9.17, 15) is 4.79 Å². The van der Waals surface area contributed by atoms with Gasteiger partial charge < -0.3 is 5.11 Å². The molecule has 3 nitrogen and oxygen atoms in total. The molecule has 13 heavy (non-hydrogen) atoms. The standard InChI is InChI=1S/C10H13NO2/c1-4-8-6(2)9(10(12)13)5-11-7(8)3/h5H,4H2,1-3H3,(H,12,13). The van der Waals surface area contributed by atoms with Crippen LogP contribution in [-0.2, 0) is 6.42 Å². The molecule has 0 aliphatic rings. The molecule has 1 aromatic rings. The third-order valence-corrected chi connectivity index (χ3v) is 2.26. The molecular formula is C10H13NO2. The van der Waals surface area contributed by atoms with Gasteiger partial charge in [0.2, 0.25) is 0 Å². The fraction of sp³-hybridized carbons (Fsp3) is 0.400. The van der Waals surface area contributed by atoms with Gasteiger partial charge in [0.25, 0.3) is 0 Å². The number of rotatable bonds is 2. The molecule has 0 aliphatic heterocycles. The molecule has 1 rings (SSSR count). The number of carbonyl (C=O) groups is 1. The topological polar surface area (TPSA) is 50.2 Å². The summed E-state index contributed by atoms with van der Waals surface area (Å²) < 4.78 is 0. The summed E-state index contributed by atoms with van der Waals surface area (Å²) in [6, 6.07) is 0. The van der Waals surface area contributed by atoms with Crippen LogP contribution in [0.5, 0.6) is 0 Å². The van der Waals surface area contributed by atoms with E-state index in [1.54, 1.807) is 0 Å². The largest absolute Gasteiger partial charge is 0.478 e. The molecule has 3 heteroatoms. The second-order valence-electron chi connectivity index (χ2n) is 3.02. The lowest BCUT2D eigenvalue weighted by atomic mass is 10.0. The van der Waals surface area contributed by atoms with Crippen LogP contribution >= 0.6 is 0 Å². The Morgan fingerprint density at radius 3 is 2.62 bits per heavy atom. The van der Waals surface area contributed by atoms with Crippen LogP contribution in [0.15, 0.2) is 6.20 Å². The number of aryl methyl sites for hydroxylation is 1. The minimum atomic E-state index is -0.903. The van der Waals surface area contributed by atoms with Gasteiger partial charge in [0.1, 0.15) is 0 Å². The first-order valence-electron chi connectivity index (χ1n) is 4.26. The second kappa shape index (κ2) is 3.56. The summed E-state index contributed by atoms with van der Waals surface area (Å²) in [4.78, 5) is 14.8. The number of carboxylic acid groups (broad SMARTS) is 1. The minimum absolute atomic E-state index is 0.308. The lowest BCUT2D eigenvalue weighted by Gasteiger charge is -2.08. The van der Waals surface area contributed by atoms with E-state index in [1.807, 2.05) is 20.8 Å². The Bertz CT molecular complexity index is 345. The zero-order chi connectivity index (χ0) is 10.0. The Hall–Kier alpha value is -1.38. The van der Waals surface area contributed by atoms with Crippen LogP contribution in [0.25, 0.3) is 0 Å². The Kier molecular flexibility index (Phi) is 2.66. The number of pyridine rings is 1. The zero-order valence-electron chi connectivity index (χ0n) is 8.09. The normalized spacial score (nSPS) is 10.1. The molecule has 0 unspecified atom stereocenters. The molecule has 0 atom stereocenters. The highest BCUT2D eigenvalue weighted by Gasteiger charge is 2.11. The highest BCUT2D eigenvalue weighted by Crippen LogP contribution is 2.16. The Labute approximate surface area is 77.4 Å². The number of hydrogen-bond acceptors (Lipinski definition) is 2. The number of carboxylic acids is 1. The molecule has 0 saturated heterocycles. The summed E-state index contributed by atoms with van der Waals surface area (Å²) in [5.74, 6) is -0.903. The quantitative estimate of drug-likeness (QED) is 0.755. The van der Waals surface area contributed by atoms with Gasteiger partial charge >= 0.3 is 5.97 Å². The van der Waals surface area contributed by atoms with Crippen LogP contribution in [0, 0.1) is 13.8 Å². The van der Waals surface area contributed by atoms with Crippen LogP contribution in [-0.4, -0.2) is 16.1 Å².